The molecule has 0 heterocycles. The predicted octanol–water partition coefficient (Wildman–Crippen LogP) is 9.87. The molecule has 0 saturated carbocycles. The molecule has 182 valence electrons. The van der Waals surface area contributed by atoms with E-state index in [1.165, 1.54) is 55.7 Å². The molecule has 0 fully saturated rings. The van der Waals surface area contributed by atoms with Gasteiger partial charge in [-0.1, -0.05) is 0 Å². The molecule has 0 atom stereocenters. The summed E-state index contributed by atoms with van der Waals surface area (Å²) in [5.74, 6) is 0. The molecule has 0 aliphatic heterocycles. The van der Waals surface area contributed by atoms with Crippen molar-refractivity contribution in [1.82, 2.24) is 0 Å². The first kappa shape index (κ1) is 23.9. The van der Waals surface area contributed by atoms with Gasteiger partial charge in [0.1, 0.15) is 0 Å². The summed E-state index contributed by atoms with van der Waals surface area (Å²) in [6, 6.07) is 44.0. The summed E-state index contributed by atoms with van der Waals surface area (Å²) in [7, 11) is 0. The maximum atomic E-state index is 2.37. The van der Waals surface area contributed by atoms with Crippen molar-refractivity contribution in [3.63, 3.8) is 0 Å². The van der Waals surface area contributed by atoms with Gasteiger partial charge in [-0.25, -0.2) is 0 Å². The fourth-order valence-corrected chi connectivity index (χ4v) is 8.14. The maximum Gasteiger partial charge on any atom is -1.00 e. The summed E-state index contributed by atoms with van der Waals surface area (Å²) in [5, 5.41) is 0. The van der Waals surface area contributed by atoms with Crippen molar-refractivity contribution >= 4 is 22.3 Å². The number of rotatable bonds is 6. The van der Waals surface area contributed by atoms with Crippen molar-refractivity contribution in [2.24, 2.45) is 0 Å². The molecule has 0 aromatic heterocycles. The fraction of sp³-hybridized carbons (Fsp3) is 0.111. The van der Waals surface area contributed by atoms with Gasteiger partial charge < -0.3 is 2.85 Å². The third-order valence-electron chi connectivity index (χ3n) is 7.64. The summed E-state index contributed by atoms with van der Waals surface area (Å²) < 4.78 is 3.35. The first-order valence-corrected chi connectivity index (χ1v) is 14.6. The van der Waals surface area contributed by atoms with Crippen LogP contribution in [0.2, 0.25) is 0 Å². The molecule has 0 spiro atoms. The van der Waals surface area contributed by atoms with Crippen LogP contribution in [0, 0.1) is 0 Å². The SMILES string of the molecule is CC1=[C]([Ti][C]2=C(C)C(c3ccccc3)=C(c3ccccc3)C2)CC(c2ccccc2)=C1c1ccccc1.[H-].[H-]. The quantitative estimate of drug-likeness (QED) is 0.226. The van der Waals surface area contributed by atoms with E-state index in [4.69, 9.17) is 0 Å². The number of hydrogen-bond acceptors (Lipinski definition) is 0. The van der Waals surface area contributed by atoms with Crippen LogP contribution in [-0.4, -0.2) is 0 Å². The monoisotopic (exact) mass is 512 g/mol. The number of allylic oxidation sites excluding steroid dienone is 8. The van der Waals surface area contributed by atoms with Crippen molar-refractivity contribution in [2.75, 3.05) is 0 Å². The Morgan fingerprint density at radius 1 is 0.432 bits per heavy atom. The van der Waals surface area contributed by atoms with E-state index in [-0.39, 0.29) is 2.85 Å². The summed E-state index contributed by atoms with van der Waals surface area (Å²) in [5.41, 5.74) is 14.2. The van der Waals surface area contributed by atoms with Crippen molar-refractivity contribution in [3.8, 4) is 0 Å². The van der Waals surface area contributed by atoms with Gasteiger partial charge in [-0.2, -0.15) is 0 Å². The van der Waals surface area contributed by atoms with E-state index in [0.29, 0.717) is 0 Å². The molecule has 2 aliphatic carbocycles. The van der Waals surface area contributed by atoms with Crippen LogP contribution in [0.3, 0.4) is 0 Å². The molecule has 0 amide bonds. The Hall–Kier alpha value is -3.45. The molecule has 2 aliphatic rings. The topological polar surface area (TPSA) is 0 Å². The van der Waals surface area contributed by atoms with E-state index in [0.717, 1.165) is 12.8 Å². The van der Waals surface area contributed by atoms with Crippen LogP contribution in [0.25, 0.3) is 22.3 Å². The smallest absolute Gasteiger partial charge is 1.00 e. The van der Waals surface area contributed by atoms with Gasteiger partial charge >= 0.3 is 231 Å². The molecule has 0 N–H and O–H groups in total. The first-order valence-electron chi connectivity index (χ1n) is 13.1. The fourth-order valence-electron chi connectivity index (χ4n) is 5.77. The molecule has 0 radical (unpaired) electrons. The van der Waals surface area contributed by atoms with Crippen LogP contribution in [-0.2, 0) is 19.2 Å². The first-order chi connectivity index (χ1) is 18.2. The van der Waals surface area contributed by atoms with E-state index < -0.39 is 19.2 Å². The molecule has 37 heavy (non-hydrogen) atoms. The largest absolute Gasteiger partial charge is 1.00 e. The van der Waals surface area contributed by atoms with E-state index in [1.54, 1.807) is 7.76 Å². The molecule has 0 bridgehead atoms. The molecule has 4 aromatic carbocycles. The van der Waals surface area contributed by atoms with E-state index >= 15 is 0 Å². The van der Waals surface area contributed by atoms with Gasteiger partial charge in [0.2, 0.25) is 0 Å². The summed E-state index contributed by atoms with van der Waals surface area (Å²) >= 11 is -0.439. The molecule has 0 saturated heterocycles. The Morgan fingerprint density at radius 3 is 1.05 bits per heavy atom. The molecule has 1 heteroatoms. The second-order valence-corrected chi connectivity index (χ2v) is 12.1. The second-order valence-electron chi connectivity index (χ2n) is 9.86. The summed E-state index contributed by atoms with van der Waals surface area (Å²) in [6.45, 7) is 4.73. The van der Waals surface area contributed by atoms with Crippen LogP contribution in [0.5, 0.6) is 0 Å². The molecular formula is C36H32Ti-2. The average molecular weight is 513 g/mol. The van der Waals surface area contributed by atoms with Gasteiger partial charge in [-0.15, -0.1) is 0 Å². The van der Waals surface area contributed by atoms with Crippen LogP contribution in [0.15, 0.2) is 140 Å². The third kappa shape index (κ3) is 4.68. The predicted molar refractivity (Wildman–Crippen MR) is 156 cm³/mol. The average Bonchev–Trinajstić information content (AvgIpc) is 3.47. The van der Waals surface area contributed by atoms with Crippen LogP contribution in [0.4, 0.5) is 0 Å². The number of hydrogen-bond donors (Lipinski definition) is 0. The minimum absolute atomic E-state index is 0. The standard InChI is InChI=1S/2C18H15.Ti.2H/c2*1-14-12-13-17(15-8-4-2-5-9-15)18(14)16-10-6-3-7-11-16;;;/h2*2-11H,13H2,1H3;;;/q;;;2*-1. The van der Waals surface area contributed by atoms with Gasteiger partial charge in [0, 0.05) is 0 Å². The zero-order chi connectivity index (χ0) is 25.2. The van der Waals surface area contributed by atoms with Crippen LogP contribution < -0.4 is 0 Å². The molecule has 6 rings (SSSR count). The van der Waals surface area contributed by atoms with Gasteiger partial charge in [0.15, 0.2) is 0 Å². The van der Waals surface area contributed by atoms with E-state index in [1.807, 2.05) is 0 Å². The Labute approximate surface area is 232 Å². The summed E-state index contributed by atoms with van der Waals surface area (Å²) in [6.07, 6.45) is 2.14. The second kappa shape index (κ2) is 10.5. The van der Waals surface area contributed by atoms with Crippen molar-refractivity contribution in [1.29, 1.82) is 0 Å². The minimum Gasteiger partial charge on any atom is -1.00 e. The van der Waals surface area contributed by atoms with Crippen molar-refractivity contribution in [2.45, 2.75) is 26.7 Å². The summed E-state index contributed by atoms with van der Waals surface area (Å²) in [4.78, 5) is 0. The minimum atomic E-state index is -0.439. The third-order valence-corrected chi connectivity index (χ3v) is 10.3. The van der Waals surface area contributed by atoms with Crippen LogP contribution >= 0.6 is 0 Å². The van der Waals surface area contributed by atoms with Gasteiger partial charge in [-0.05, 0) is 0 Å². The Kier molecular flexibility index (Phi) is 6.79. The molecule has 4 aromatic rings. The zero-order valence-electron chi connectivity index (χ0n) is 23.5. The normalized spacial score (nSPS) is 15.7. The maximum absolute atomic E-state index is 2.37. The van der Waals surface area contributed by atoms with Crippen LogP contribution in [0.1, 0.15) is 51.8 Å². The van der Waals surface area contributed by atoms with E-state index in [9.17, 15) is 0 Å². The zero-order valence-corrected chi connectivity index (χ0v) is 23.0. The number of benzene rings is 4. The van der Waals surface area contributed by atoms with Crippen molar-refractivity contribution < 1.29 is 22.0 Å². The van der Waals surface area contributed by atoms with Gasteiger partial charge in [0.25, 0.3) is 0 Å². The van der Waals surface area contributed by atoms with Gasteiger partial charge in [0.05, 0.1) is 0 Å². The molecule has 0 nitrogen and oxygen atoms in total. The Balaban J connectivity index is 0.00000176. The van der Waals surface area contributed by atoms with Gasteiger partial charge in [-0.3, -0.25) is 0 Å². The Morgan fingerprint density at radius 2 is 0.730 bits per heavy atom. The molecule has 0 unspecified atom stereocenters. The van der Waals surface area contributed by atoms with E-state index in [2.05, 4.69) is 135 Å². The van der Waals surface area contributed by atoms with Crippen molar-refractivity contribution in [3.05, 3.63) is 162 Å². The Bertz CT molecular complexity index is 1440. The molecular weight excluding hydrogens is 480 g/mol.